The van der Waals surface area contributed by atoms with Gasteiger partial charge in [-0.3, -0.25) is 4.79 Å². The summed E-state index contributed by atoms with van der Waals surface area (Å²) in [4.78, 5) is 24.3. The molecule has 0 aromatic rings. The third-order valence-corrected chi connectivity index (χ3v) is 4.04. The average molecular weight is 241 g/mol. The quantitative estimate of drug-likeness (QED) is 0.751. The molecule has 1 amide bonds. The fraction of sp³-hybridized carbons (Fsp3) is 0.846. The number of aliphatic carboxylic acids is 1. The van der Waals surface area contributed by atoms with E-state index in [0.29, 0.717) is 6.41 Å². The van der Waals surface area contributed by atoms with Crippen LogP contribution < -0.4 is 0 Å². The van der Waals surface area contributed by atoms with Crippen LogP contribution >= 0.6 is 0 Å². The van der Waals surface area contributed by atoms with Crippen molar-refractivity contribution in [1.82, 2.24) is 4.90 Å². The topological polar surface area (TPSA) is 57.6 Å². The summed E-state index contributed by atoms with van der Waals surface area (Å²) in [6, 6.07) is -0.0875. The second kappa shape index (κ2) is 5.52. The van der Waals surface area contributed by atoms with Crippen molar-refractivity contribution in [3.63, 3.8) is 0 Å². The SMILES string of the molecule is CC(C)N(C=O)C(C)(C(=O)O)C1CCCCC1. The van der Waals surface area contributed by atoms with Gasteiger partial charge in [0.05, 0.1) is 0 Å². The normalized spacial score (nSPS) is 20.9. The molecule has 1 saturated carbocycles. The number of carbonyl (C=O) groups is 2. The van der Waals surface area contributed by atoms with Crippen molar-refractivity contribution in [2.75, 3.05) is 0 Å². The summed E-state index contributed by atoms with van der Waals surface area (Å²) in [6.45, 7) is 5.41. The van der Waals surface area contributed by atoms with Gasteiger partial charge in [0.25, 0.3) is 0 Å². The molecule has 1 aliphatic carbocycles. The van der Waals surface area contributed by atoms with Gasteiger partial charge in [0.15, 0.2) is 0 Å². The van der Waals surface area contributed by atoms with Gasteiger partial charge in [0.1, 0.15) is 5.54 Å². The Bertz CT molecular complexity index is 284. The third-order valence-electron chi connectivity index (χ3n) is 4.04. The molecule has 1 rings (SSSR count). The second-order valence-corrected chi connectivity index (χ2v) is 5.39. The Labute approximate surface area is 103 Å². The van der Waals surface area contributed by atoms with Gasteiger partial charge in [-0.15, -0.1) is 0 Å². The molecular formula is C13H23NO3. The van der Waals surface area contributed by atoms with Crippen LogP contribution in [0, 0.1) is 5.92 Å². The third kappa shape index (κ3) is 2.61. The molecule has 98 valence electrons. The van der Waals surface area contributed by atoms with Crippen molar-refractivity contribution >= 4 is 12.4 Å². The minimum Gasteiger partial charge on any atom is -0.479 e. The zero-order valence-corrected chi connectivity index (χ0v) is 11.0. The van der Waals surface area contributed by atoms with E-state index in [1.807, 2.05) is 13.8 Å². The molecule has 1 aliphatic rings. The van der Waals surface area contributed by atoms with E-state index < -0.39 is 11.5 Å². The predicted molar refractivity (Wildman–Crippen MR) is 65.7 cm³/mol. The summed E-state index contributed by atoms with van der Waals surface area (Å²) in [7, 11) is 0. The van der Waals surface area contributed by atoms with Crippen LogP contribution in [0.3, 0.4) is 0 Å². The highest BCUT2D eigenvalue weighted by Gasteiger charge is 2.47. The Morgan fingerprint density at radius 2 is 1.88 bits per heavy atom. The van der Waals surface area contributed by atoms with E-state index in [2.05, 4.69) is 0 Å². The van der Waals surface area contributed by atoms with Crippen LogP contribution in [-0.4, -0.2) is 34.0 Å². The summed E-state index contributed by atoms with van der Waals surface area (Å²) in [6.07, 6.45) is 5.80. The molecule has 17 heavy (non-hydrogen) atoms. The molecule has 0 radical (unpaired) electrons. The van der Waals surface area contributed by atoms with Crippen molar-refractivity contribution in [1.29, 1.82) is 0 Å². The van der Waals surface area contributed by atoms with E-state index in [9.17, 15) is 14.7 Å². The minimum atomic E-state index is -1.06. The van der Waals surface area contributed by atoms with Gasteiger partial charge in [-0.2, -0.15) is 0 Å². The van der Waals surface area contributed by atoms with Crippen LogP contribution in [0.25, 0.3) is 0 Å². The van der Waals surface area contributed by atoms with E-state index in [-0.39, 0.29) is 12.0 Å². The summed E-state index contributed by atoms with van der Waals surface area (Å²) in [5.41, 5.74) is -1.06. The van der Waals surface area contributed by atoms with Crippen LogP contribution in [0.1, 0.15) is 52.9 Å². The standard InChI is InChI=1S/C13H23NO3/c1-10(2)14(9-15)13(3,12(16)17)11-7-5-4-6-8-11/h9-11H,4-8H2,1-3H3,(H,16,17). The minimum absolute atomic E-state index is 0.0707. The van der Waals surface area contributed by atoms with Crippen molar-refractivity contribution in [3.05, 3.63) is 0 Å². The summed E-state index contributed by atoms with van der Waals surface area (Å²) >= 11 is 0. The molecule has 1 unspecified atom stereocenters. The molecule has 0 bridgehead atoms. The Balaban J connectivity index is 3.01. The summed E-state index contributed by atoms with van der Waals surface area (Å²) in [5, 5.41) is 9.53. The molecule has 0 saturated heterocycles. The zero-order valence-electron chi connectivity index (χ0n) is 11.0. The Hall–Kier alpha value is -1.06. The first kappa shape index (κ1) is 14.0. The van der Waals surface area contributed by atoms with Gasteiger partial charge in [0, 0.05) is 6.04 Å². The van der Waals surface area contributed by atoms with E-state index in [1.165, 1.54) is 11.3 Å². The number of carboxylic acids is 1. The van der Waals surface area contributed by atoms with Gasteiger partial charge in [-0.05, 0) is 39.5 Å². The maximum atomic E-state index is 11.6. The van der Waals surface area contributed by atoms with Gasteiger partial charge in [-0.1, -0.05) is 19.3 Å². The number of nitrogens with zero attached hydrogens (tertiary/aromatic N) is 1. The molecule has 4 heteroatoms. The van der Waals surface area contributed by atoms with Crippen LogP contribution in [0.5, 0.6) is 0 Å². The van der Waals surface area contributed by atoms with Crippen molar-refractivity contribution in [2.24, 2.45) is 5.92 Å². The number of carboxylic acid groups (broad SMARTS) is 1. The lowest BCUT2D eigenvalue weighted by atomic mass is 9.74. The maximum Gasteiger partial charge on any atom is 0.329 e. The first-order chi connectivity index (χ1) is 7.94. The first-order valence-corrected chi connectivity index (χ1v) is 6.41. The van der Waals surface area contributed by atoms with Crippen LogP contribution in [0.15, 0.2) is 0 Å². The molecule has 0 aromatic heterocycles. The first-order valence-electron chi connectivity index (χ1n) is 6.41. The molecular weight excluding hydrogens is 218 g/mol. The van der Waals surface area contributed by atoms with E-state index in [1.54, 1.807) is 6.92 Å². The summed E-state index contributed by atoms with van der Waals surface area (Å²) < 4.78 is 0. The fourth-order valence-electron chi connectivity index (χ4n) is 2.93. The monoisotopic (exact) mass is 241 g/mol. The molecule has 0 spiro atoms. The lowest BCUT2D eigenvalue weighted by Crippen LogP contribution is -2.59. The molecule has 1 N–H and O–H groups in total. The smallest absolute Gasteiger partial charge is 0.329 e. The van der Waals surface area contributed by atoms with E-state index in [4.69, 9.17) is 0 Å². The Morgan fingerprint density at radius 3 is 2.24 bits per heavy atom. The number of rotatable bonds is 5. The van der Waals surface area contributed by atoms with Crippen LogP contribution in [-0.2, 0) is 9.59 Å². The Kier molecular flexibility index (Phi) is 4.54. The predicted octanol–water partition coefficient (Wildman–Crippen LogP) is 2.28. The van der Waals surface area contributed by atoms with Gasteiger partial charge >= 0.3 is 5.97 Å². The molecule has 1 fully saturated rings. The van der Waals surface area contributed by atoms with Crippen molar-refractivity contribution < 1.29 is 14.7 Å². The number of hydrogen-bond acceptors (Lipinski definition) is 2. The lowest BCUT2D eigenvalue weighted by Gasteiger charge is -2.44. The molecule has 0 heterocycles. The van der Waals surface area contributed by atoms with Crippen molar-refractivity contribution in [3.8, 4) is 0 Å². The van der Waals surface area contributed by atoms with Crippen LogP contribution in [0.2, 0.25) is 0 Å². The van der Waals surface area contributed by atoms with Crippen LogP contribution in [0.4, 0.5) is 0 Å². The van der Waals surface area contributed by atoms with E-state index in [0.717, 1.165) is 25.7 Å². The Morgan fingerprint density at radius 1 is 1.35 bits per heavy atom. The highest BCUT2D eigenvalue weighted by Crippen LogP contribution is 2.37. The molecule has 0 aliphatic heterocycles. The van der Waals surface area contributed by atoms with Gasteiger partial charge < -0.3 is 10.0 Å². The lowest BCUT2D eigenvalue weighted by molar-refractivity contribution is -0.161. The molecule has 4 nitrogen and oxygen atoms in total. The number of amides is 1. The highest BCUT2D eigenvalue weighted by atomic mass is 16.4. The maximum absolute atomic E-state index is 11.6. The summed E-state index contributed by atoms with van der Waals surface area (Å²) in [5.74, 6) is -0.813. The zero-order chi connectivity index (χ0) is 13.1. The second-order valence-electron chi connectivity index (χ2n) is 5.39. The largest absolute Gasteiger partial charge is 0.479 e. The number of carbonyl (C=O) groups excluding carboxylic acids is 1. The van der Waals surface area contributed by atoms with Gasteiger partial charge in [-0.25, -0.2) is 4.79 Å². The fourth-order valence-corrected chi connectivity index (χ4v) is 2.93. The molecule has 1 atom stereocenters. The van der Waals surface area contributed by atoms with Crippen molar-refractivity contribution in [2.45, 2.75) is 64.5 Å². The molecule has 0 aromatic carbocycles. The number of hydrogen-bond donors (Lipinski definition) is 1. The highest BCUT2D eigenvalue weighted by molar-refractivity contribution is 5.81. The van der Waals surface area contributed by atoms with Gasteiger partial charge in [0.2, 0.25) is 6.41 Å². The van der Waals surface area contributed by atoms with E-state index >= 15 is 0 Å². The average Bonchev–Trinajstić information content (AvgIpc) is 2.30.